The van der Waals surface area contributed by atoms with Crippen LogP contribution in [0.3, 0.4) is 0 Å². The van der Waals surface area contributed by atoms with E-state index in [1.54, 1.807) is 25.3 Å². The van der Waals surface area contributed by atoms with E-state index in [0.717, 1.165) is 22.6 Å². The van der Waals surface area contributed by atoms with Crippen molar-refractivity contribution in [3.8, 4) is 17.2 Å². The maximum absolute atomic E-state index is 12.3. The van der Waals surface area contributed by atoms with Crippen LogP contribution in [0.25, 0.3) is 6.08 Å². The molecule has 0 aliphatic rings. The van der Waals surface area contributed by atoms with Crippen LogP contribution in [0.1, 0.15) is 47.8 Å². The van der Waals surface area contributed by atoms with E-state index in [1.165, 1.54) is 23.8 Å². The van der Waals surface area contributed by atoms with E-state index in [-0.39, 0.29) is 16.9 Å². The van der Waals surface area contributed by atoms with Crippen LogP contribution in [0.2, 0.25) is 0 Å². The largest absolute Gasteiger partial charge is 0.508 e. The summed E-state index contributed by atoms with van der Waals surface area (Å²) in [6.45, 7) is 6.89. The number of carbonyl (C=O) groups is 1. The molecule has 160 valence electrons. The zero-order chi connectivity index (χ0) is 22.4. The molecule has 1 N–H and O–H groups in total. The number of ketones is 1. The molecule has 0 aliphatic heterocycles. The maximum Gasteiger partial charge on any atom is 0.185 e. The van der Waals surface area contributed by atoms with E-state index in [0.29, 0.717) is 12.2 Å². The van der Waals surface area contributed by atoms with Crippen molar-refractivity contribution in [3.63, 3.8) is 0 Å². The maximum atomic E-state index is 12.3. The van der Waals surface area contributed by atoms with E-state index >= 15 is 0 Å². The van der Waals surface area contributed by atoms with Crippen LogP contribution in [0.15, 0.2) is 72.8 Å². The lowest BCUT2D eigenvalue weighted by molar-refractivity contribution is 0.104. The Hall–Kier alpha value is -3.53. The number of hydrogen-bond acceptors (Lipinski definition) is 4. The lowest BCUT2D eigenvalue weighted by atomic mass is 9.87. The number of ether oxygens (including phenoxy) is 2. The van der Waals surface area contributed by atoms with Gasteiger partial charge in [0.1, 0.15) is 23.9 Å². The predicted octanol–water partition coefficient (Wildman–Crippen LogP) is 6.17. The van der Waals surface area contributed by atoms with E-state index in [4.69, 9.17) is 9.47 Å². The molecule has 0 saturated carbocycles. The number of allylic oxidation sites excluding steroid dienone is 1. The second kappa shape index (κ2) is 9.52. The molecule has 0 aromatic heterocycles. The summed E-state index contributed by atoms with van der Waals surface area (Å²) in [6, 6.07) is 20.0. The molecule has 4 nitrogen and oxygen atoms in total. The van der Waals surface area contributed by atoms with Crippen LogP contribution in [0, 0.1) is 0 Å². The van der Waals surface area contributed by atoms with Gasteiger partial charge in [-0.3, -0.25) is 4.79 Å². The fraction of sp³-hybridized carbons (Fsp3) is 0.222. The minimum Gasteiger partial charge on any atom is -0.508 e. The van der Waals surface area contributed by atoms with Crippen molar-refractivity contribution in [2.24, 2.45) is 0 Å². The van der Waals surface area contributed by atoms with Gasteiger partial charge >= 0.3 is 0 Å². The number of hydrogen-bond donors (Lipinski definition) is 1. The summed E-state index contributed by atoms with van der Waals surface area (Å²) in [6.07, 6.45) is 3.28. The summed E-state index contributed by atoms with van der Waals surface area (Å²) in [4.78, 5) is 12.3. The number of aromatic hydroxyl groups is 1. The van der Waals surface area contributed by atoms with Gasteiger partial charge in [-0.1, -0.05) is 45.0 Å². The summed E-state index contributed by atoms with van der Waals surface area (Å²) in [7, 11) is 1.63. The van der Waals surface area contributed by atoms with Crippen molar-refractivity contribution in [3.05, 3.63) is 95.1 Å². The van der Waals surface area contributed by atoms with Crippen molar-refractivity contribution in [2.45, 2.75) is 32.8 Å². The standard InChI is InChI=1S/C27H28O4/c1-27(2,3)22-9-13-24(14-10-22)31-18-21-17-19(6-16-26(21)30-4)5-15-25(29)20-7-11-23(28)12-8-20/h5-17,28H,18H2,1-4H3/b15-5+. The van der Waals surface area contributed by atoms with Crippen LogP contribution in [-0.4, -0.2) is 18.0 Å². The van der Waals surface area contributed by atoms with Crippen molar-refractivity contribution in [1.29, 1.82) is 0 Å². The molecule has 0 amide bonds. The molecular weight excluding hydrogens is 388 g/mol. The number of carbonyl (C=O) groups excluding carboxylic acids is 1. The molecule has 0 bridgehead atoms. The van der Waals surface area contributed by atoms with E-state index < -0.39 is 0 Å². The van der Waals surface area contributed by atoms with Gasteiger partial charge in [-0.2, -0.15) is 0 Å². The molecule has 0 heterocycles. The van der Waals surface area contributed by atoms with Crippen molar-refractivity contribution in [2.75, 3.05) is 7.11 Å². The molecular formula is C27H28O4. The van der Waals surface area contributed by atoms with E-state index in [2.05, 4.69) is 32.9 Å². The van der Waals surface area contributed by atoms with Crippen LogP contribution in [0.5, 0.6) is 17.2 Å². The molecule has 0 unspecified atom stereocenters. The quantitative estimate of drug-likeness (QED) is 0.369. The second-order valence-corrected chi connectivity index (χ2v) is 8.38. The lowest BCUT2D eigenvalue weighted by Gasteiger charge is -2.19. The molecule has 0 spiro atoms. The van der Waals surface area contributed by atoms with Gasteiger partial charge in [0.15, 0.2) is 5.78 Å². The minimum atomic E-state index is -0.132. The zero-order valence-corrected chi connectivity index (χ0v) is 18.4. The number of benzene rings is 3. The van der Waals surface area contributed by atoms with Gasteiger partial charge in [0.2, 0.25) is 0 Å². The first-order valence-electron chi connectivity index (χ1n) is 10.2. The Labute approximate surface area is 183 Å². The smallest absolute Gasteiger partial charge is 0.185 e. The predicted molar refractivity (Wildman–Crippen MR) is 124 cm³/mol. The number of phenolic OH excluding ortho intramolecular Hbond substituents is 1. The Morgan fingerprint density at radius 3 is 2.26 bits per heavy atom. The second-order valence-electron chi connectivity index (χ2n) is 8.38. The van der Waals surface area contributed by atoms with E-state index in [1.807, 2.05) is 30.3 Å². The summed E-state index contributed by atoms with van der Waals surface area (Å²) in [5, 5.41) is 9.36. The molecule has 3 aromatic carbocycles. The number of rotatable bonds is 7. The highest BCUT2D eigenvalue weighted by atomic mass is 16.5. The molecule has 0 saturated heterocycles. The fourth-order valence-corrected chi connectivity index (χ4v) is 3.12. The van der Waals surface area contributed by atoms with Crippen LogP contribution in [0.4, 0.5) is 0 Å². The molecule has 0 fully saturated rings. The normalized spacial score (nSPS) is 11.5. The van der Waals surface area contributed by atoms with Gasteiger partial charge in [0.25, 0.3) is 0 Å². The van der Waals surface area contributed by atoms with Crippen LogP contribution >= 0.6 is 0 Å². The number of methoxy groups -OCH3 is 1. The average Bonchev–Trinajstić information content (AvgIpc) is 2.76. The van der Waals surface area contributed by atoms with Gasteiger partial charge in [0.05, 0.1) is 7.11 Å². The summed E-state index contributed by atoms with van der Waals surface area (Å²) < 4.78 is 11.4. The third-order valence-corrected chi connectivity index (χ3v) is 5.00. The minimum absolute atomic E-state index is 0.0972. The van der Waals surface area contributed by atoms with E-state index in [9.17, 15) is 9.90 Å². The number of phenols is 1. The average molecular weight is 417 g/mol. The SMILES string of the molecule is COc1ccc(/C=C/C(=O)c2ccc(O)cc2)cc1COc1ccc(C(C)(C)C)cc1. The third-order valence-electron chi connectivity index (χ3n) is 5.00. The first-order valence-corrected chi connectivity index (χ1v) is 10.2. The highest BCUT2D eigenvalue weighted by molar-refractivity contribution is 6.06. The highest BCUT2D eigenvalue weighted by Gasteiger charge is 2.13. The first-order chi connectivity index (χ1) is 14.8. The molecule has 3 rings (SSSR count). The van der Waals surface area contributed by atoms with Crippen molar-refractivity contribution < 1.29 is 19.4 Å². The third kappa shape index (κ3) is 5.98. The zero-order valence-electron chi connectivity index (χ0n) is 18.4. The van der Waals surface area contributed by atoms with Crippen LogP contribution < -0.4 is 9.47 Å². The van der Waals surface area contributed by atoms with Gasteiger partial charge < -0.3 is 14.6 Å². The van der Waals surface area contributed by atoms with Gasteiger partial charge in [-0.25, -0.2) is 0 Å². The molecule has 0 atom stereocenters. The molecule has 0 radical (unpaired) electrons. The Balaban J connectivity index is 1.71. The van der Waals surface area contributed by atoms with Crippen molar-refractivity contribution in [1.82, 2.24) is 0 Å². The summed E-state index contributed by atoms with van der Waals surface area (Å²) >= 11 is 0. The fourth-order valence-electron chi connectivity index (χ4n) is 3.12. The van der Waals surface area contributed by atoms with Crippen molar-refractivity contribution >= 4 is 11.9 Å². The Kier molecular flexibility index (Phi) is 6.81. The van der Waals surface area contributed by atoms with Gasteiger partial charge in [0, 0.05) is 11.1 Å². The Morgan fingerprint density at radius 2 is 1.65 bits per heavy atom. The van der Waals surface area contributed by atoms with Gasteiger partial charge in [-0.05, 0) is 71.1 Å². The van der Waals surface area contributed by atoms with Crippen LogP contribution in [-0.2, 0) is 12.0 Å². The first kappa shape index (κ1) is 22.2. The summed E-state index contributed by atoms with van der Waals surface area (Å²) in [5.74, 6) is 1.52. The topological polar surface area (TPSA) is 55.8 Å². The molecule has 3 aromatic rings. The Morgan fingerprint density at radius 1 is 0.968 bits per heavy atom. The lowest BCUT2D eigenvalue weighted by Crippen LogP contribution is -2.10. The molecule has 4 heteroatoms. The monoisotopic (exact) mass is 416 g/mol. The van der Waals surface area contributed by atoms with Gasteiger partial charge in [-0.15, -0.1) is 0 Å². The summed E-state index contributed by atoms with van der Waals surface area (Å²) in [5.41, 5.74) is 3.63. The molecule has 0 aliphatic carbocycles. The Bertz CT molecular complexity index is 1060. The highest BCUT2D eigenvalue weighted by Crippen LogP contribution is 2.26. The molecule has 31 heavy (non-hydrogen) atoms.